The van der Waals surface area contributed by atoms with Crippen LogP contribution in [0.2, 0.25) is 0 Å². The van der Waals surface area contributed by atoms with E-state index in [-0.39, 0.29) is 31.1 Å². The molecule has 5 nitrogen and oxygen atoms in total. The predicted octanol–water partition coefficient (Wildman–Crippen LogP) is 2.15. The van der Waals surface area contributed by atoms with Gasteiger partial charge in [0.15, 0.2) is 11.6 Å². The molecule has 0 atom stereocenters. The fraction of sp³-hybridized carbons (Fsp3) is 0.267. The van der Waals surface area contributed by atoms with E-state index in [0.717, 1.165) is 27.6 Å². The van der Waals surface area contributed by atoms with E-state index in [2.05, 4.69) is 5.32 Å². The van der Waals surface area contributed by atoms with Gasteiger partial charge < -0.3 is 5.32 Å². The number of anilines is 1. The Morgan fingerprint density at radius 1 is 1.25 bits per heavy atom. The van der Waals surface area contributed by atoms with E-state index in [9.17, 15) is 22.0 Å². The molecule has 0 saturated heterocycles. The van der Waals surface area contributed by atoms with Crippen LogP contribution in [-0.4, -0.2) is 33.7 Å². The SMILES string of the molecule is CS(=O)(=O)N(CCNC(=O)Cc1cccs1)c1ccc(F)c(F)c1. The Kier molecular flexibility index (Phi) is 5.89. The van der Waals surface area contributed by atoms with E-state index in [4.69, 9.17) is 0 Å². The maximum atomic E-state index is 13.3. The minimum absolute atomic E-state index is 0.00362. The van der Waals surface area contributed by atoms with E-state index in [1.54, 1.807) is 0 Å². The quantitative estimate of drug-likeness (QED) is 0.808. The Morgan fingerprint density at radius 3 is 2.58 bits per heavy atom. The van der Waals surface area contributed by atoms with Gasteiger partial charge in [0.2, 0.25) is 15.9 Å². The molecule has 2 aromatic rings. The van der Waals surface area contributed by atoms with E-state index in [0.29, 0.717) is 0 Å². The fourth-order valence-electron chi connectivity index (χ4n) is 2.06. The summed E-state index contributed by atoms with van der Waals surface area (Å²) in [4.78, 5) is 12.7. The molecule has 24 heavy (non-hydrogen) atoms. The van der Waals surface area contributed by atoms with E-state index < -0.39 is 21.7 Å². The molecule has 0 bridgehead atoms. The molecule has 0 saturated carbocycles. The maximum absolute atomic E-state index is 13.3. The van der Waals surface area contributed by atoms with Crippen LogP contribution in [0, 0.1) is 11.6 Å². The van der Waals surface area contributed by atoms with Crippen LogP contribution < -0.4 is 9.62 Å². The number of carbonyl (C=O) groups is 1. The first-order valence-corrected chi connectivity index (χ1v) is 9.72. The summed E-state index contributed by atoms with van der Waals surface area (Å²) in [5.74, 6) is -2.43. The number of nitrogens with one attached hydrogen (secondary N) is 1. The van der Waals surface area contributed by atoms with Crippen molar-refractivity contribution in [3.05, 3.63) is 52.2 Å². The largest absolute Gasteiger partial charge is 0.354 e. The number of benzene rings is 1. The van der Waals surface area contributed by atoms with Crippen molar-refractivity contribution in [3.8, 4) is 0 Å². The molecule has 0 aliphatic carbocycles. The number of amides is 1. The molecule has 2 rings (SSSR count). The van der Waals surface area contributed by atoms with Crippen molar-refractivity contribution in [3.63, 3.8) is 0 Å². The smallest absolute Gasteiger partial charge is 0.232 e. The van der Waals surface area contributed by atoms with Gasteiger partial charge in [0.1, 0.15) is 0 Å². The third-order valence-corrected chi connectivity index (χ3v) is 5.21. The molecule has 0 fully saturated rings. The number of hydrogen-bond donors (Lipinski definition) is 1. The third-order valence-electron chi connectivity index (χ3n) is 3.14. The first-order valence-electron chi connectivity index (χ1n) is 6.99. The second-order valence-electron chi connectivity index (χ2n) is 5.04. The van der Waals surface area contributed by atoms with Crippen LogP contribution in [0.4, 0.5) is 14.5 Å². The van der Waals surface area contributed by atoms with Gasteiger partial charge in [0, 0.05) is 17.5 Å². The maximum Gasteiger partial charge on any atom is 0.232 e. The van der Waals surface area contributed by atoms with Crippen LogP contribution >= 0.6 is 11.3 Å². The summed E-state index contributed by atoms with van der Waals surface area (Å²) in [6.07, 6.45) is 1.17. The van der Waals surface area contributed by atoms with E-state index in [1.165, 1.54) is 17.4 Å². The van der Waals surface area contributed by atoms with Crippen LogP contribution in [0.3, 0.4) is 0 Å². The Morgan fingerprint density at radius 2 is 2.00 bits per heavy atom. The summed E-state index contributed by atoms with van der Waals surface area (Å²) in [5, 5.41) is 4.47. The van der Waals surface area contributed by atoms with Crippen LogP contribution in [0.5, 0.6) is 0 Å². The molecule has 0 spiro atoms. The molecule has 1 heterocycles. The Hall–Kier alpha value is -2.00. The number of nitrogens with zero attached hydrogens (tertiary/aromatic N) is 1. The molecule has 9 heteroatoms. The molecular weight excluding hydrogens is 358 g/mol. The van der Waals surface area contributed by atoms with Gasteiger partial charge in [-0.05, 0) is 23.6 Å². The van der Waals surface area contributed by atoms with Crippen molar-refractivity contribution < 1.29 is 22.0 Å². The van der Waals surface area contributed by atoms with Gasteiger partial charge in [-0.1, -0.05) is 6.07 Å². The number of hydrogen-bond acceptors (Lipinski definition) is 4. The van der Waals surface area contributed by atoms with E-state index in [1.807, 2.05) is 17.5 Å². The van der Waals surface area contributed by atoms with Gasteiger partial charge in [-0.25, -0.2) is 17.2 Å². The zero-order chi connectivity index (χ0) is 17.7. The Bertz CT molecular complexity index is 808. The lowest BCUT2D eigenvalue weighted by molar-refractivity contribution is -0.120. The zero-order valence-corrected chi connectivity index (χ0v) is 14.5. The van der Waals surface area contributed by atoms with Crippen LogP contribution in [0.1, 0.15) is 4.88 Å². The van der Waals surface area contributed by atoms with Crippen LogP contribution in [-0.2, 0) is 21.2 Å². The van der Waals surface area contributed by atoms with Crippen molar-refractivity contribution in [1.82, 2.24) is 5.32 Å². The summed E-state index contributed by atoms with van der Waals surface area (Å²) in [7, 11) is -3.70. The highest BCUT2D eigenvalue weighted by Crippen LogP contribution is 2.20. The predicted molar refractivity (Wildman–Crippen MR) is 89.6 cm³/mol. The molecular formula is C15H16F2N2O3S2. The lowest BCUT2D eigenvalue weighted by atomic mass is 10.3. The van der Waals surface area contributed by atoms with Crippen molar-refractivity contribution in [2.45, 2.75) is 6.42 Å². The number of rotatable bonds is 7. The van der Waals surface area contributed by atoms with Crippen LogP contribution in [0.25, 0.3) is 0 Å². The van der Waals surface area contributed by atoms with Gasteiger partial charge >= 0.3 is 0 Å². The molecule has 0 radical (unpaired) electrons. The van der Waals surface area contributed by atoms with Gasteiger partial charge in [0.25, 0.3) is 0 Å². The van der Waals surface area contributed by atoms with Crippen molar-refractivity contribution in [2.24, 2.45) is 0 Å². The minimum atomic E-state index is -3.70. The Balaban J connectivity index is 1.99. The van der Waals surface area contributed by atoms with Gasteiger partial charge in [-0.3, -0.25) is 9.10 Å². The molecule has 1 N–H and O–H groups in total. The Labute approximate surface area is 143 Å². The lowest BCUT2D eigenvalue weighted by Crippen LogP contribution is -2.38. The van der Waals surface area contributed by atoms with Gasteiger partial charge in [-0.15, -0.1) is 11.3 Å². The molecule has 0 aliphatic rings. The monoisotopic (exact) mass is 374 g/mol. The highest BCUT2D eigenvalue weighted by Gasteiger charge is 2.19. The second kappa shape index (κ2) is 7.71. The molecule has 0 unspecified atom stereocenters. The highest BCUT2D eigenvalue weighted by molar-refractivity contribution is 7.92. The van der Waals surface area contributed by atoms with Gasteiger partial charge in [-0.2, -0.15) is 0 Å². The normalized spacial score (nSPS) is 11.3. The number of thiophene rings is 1. The van der Waals surface area contributed by atoms with Crippen molar-refractivity contribution >= 4 is 33.0 Å². The number of sulfonamides is 1. The molecule has 130 valence electrons. The summed E-state index contributed by atoms with van der Waals surface area (Å²) < 4.78 is 51.0. The molecule has 1 aromatic heterocycles. The van der Waals surface area contributed by atoms with Crippen molar-refractivity contribution in [2.75, 3.05) is 23.7 Å². The second-order valence-corrected chi connectivity index (χ2v) is 7.98. The summed E-state index contributed by atoms with van der Waals surface area (Å²) in [6, 6.07) is 6.51. The standard InChI is InChI=1S/C15H16F2N2O3S2/c1-24(21,22)19(11-4-5-13(16)14(17)9-11)7-6-18-15(20)10-12-3-2-8-23-12/h2-5,8-9H,6-7,10H2,1H3,(H,18,20). The average Bonchev–Trinajstić information content (AvgIpc) is 2.98. The summed E-state index contributed by atoms with van der Waals surface area (Å²) in [5.41, 5.74) is 0.00362. The highest BCUT2D eigenvalue weighted by atomic mass is 32.2. The number of carbonyl (C=O) groups excluding carboxylic acids is 1. The van der Waals surface area contributed by atoms with E-state index >= 15 is 0 Å². The lowest BCUT2D eigenvalue weighted by Gasteiger charge is -2.22. The topological polar surface area (TPSA) is 66.5 Å². The fourth-order valence-corrected chi connectivity index (χ4v) is 3.68. The molecule has 1 aromatic carbocycles. The first-order chi connectivity index (χ1) is 11.3. The molecule has 0 aliphatic heterocycles. The third kappa shape index (κ3) is 5.00. The van der Waals surface area contributed by atoms with Crippen LogP contribution in [0.15, 0.2) is 35.7 Å². The average molecular weight is 374 g/mol. The first kappa shape index (κ1) is 18.3. The molecule has 1 amide bonds. The van der Waals surface area contributed by atoms with Gasteiger partial charge in [0.05, 0.1) is 24.9 Å². The van der Waals surface area contributed by atoms with Crippen molar-refractivity contribution in [1.29, 1.82) is 0 Å². The summed E-state index contributed by atoms with van der Waals surface area (Å²) >= 11 is 1.45. The minimum Gasteiger partial charge on any atom is -0.354 e. The number of halogens is 2. The summed E-state index contributed by atoms with van der Waals surface area (Å²) in [6.45, 7) is -0.0314. The zero-order valence-electron chi connectivity index (χ0n) is 12.8.